The van der Waals surface area contributed by atoms with Gasteiger partial charge in [-0.15, -0.1) is 0 Å². The minimum atomic E-state index is -1.01. The van der Waals surface area contributed by atoms with Crippen LogP contribution in [0.15, 0.2) is 36.4 Å². The summed E-state index contributed by atoms with van der Waals surface area (Å²) < 4.78 is 57.5. The predicted octanol–water partition coefficient (Wildman–Crippen LogP) is 3.84. The van der Waals surface area contributed by atoms with Crippen LogP contribution >= 0.6 is 0 Å². The molecule has 2 rings (SSSR count). The SMILES string of the molecule is CC(c1ccc(F)c(F)c1)N(C)C(=O)COc1ccc(F)cc1F. The second kappa shape index (κ2) is 7.33. The quantitative estimate of drug-likeness (QED) is 0.774. The number of halogens is 4. The highest BCUT2D eigenvalue weighted by atomic mass is 19.2. The maximum absolute atomic E-state index is 13.4. The Morgan fingerprint density at radius 3 is 2.38 bits per heavy atom. The zero-order valence-electron chi connectivity index (χ0n) is 13.0. The lowest BCUT2D eigenvalue weighted by atomic mass is 10.1. The van der Waals surface area contributed by atoms with Gasteiger partial charge < -0.3 is 9.64 Å². The molecule has 0 aromatic heterocycles. The lowest BCUT2D eigenvalue weighted by molar-refractivity contribution is -0.134. The van der Waals surface area contributed by atoms with Crippen LogP contribution in [0.2, 0.25) is 0 Å². The third-order valence-corrected chi connectivity index (χ3v) is 3.65. The van der Waals surface area contributed by atoms with Crippen molar-refractivity contribution in [3.8, 4) is 5.75 Å². The van der Waals surface area contributed by atoms with Gasteiger partial charge in [-0.3, -0.25) is 4.79 Å². The first-order valence-corrected chi connectivity index (χ1v) is 7.08. The summed E-state index contributed by atoms with van der Waals surface area (Å²) in [6, 6.07) is 5.54. The van der Waals surface area contributed by atoms with Crippen LogP contribution in [0.4, 0.5) is 17.6 Å². The number of benzene rings is 2. The van der Waals surface area contributed by atoms with Gasteiger partial charge in [0, 0.05) is 13.1 Å². The average Bonchev–Trinajstić information content (AvgIpc) is 2.55. The monoisotopic (exact) mass is 341 g/mol. The third kappa shape index (κ3) is 4.04. The van der Waals surface area contributed by atoms with Crippen molar-refractivity contribution in [2.24, 2.45) is 0 Å². The van der Waals surface area contributed by atoms with E-state index in [0.29, 0.717) is 11.6 Å². The molecule has 1 unspecified atom stereocenters. The van der Waals surface area contributed by atoms with Crippen LogP contribution in [0.5, 0.6) is 5.75 Å². The summed E-state index contributed by atoms with van der Waals surface area (Å²) in [5.41, 5.74) is 0.401. The van der Waals surface area contributed by atoms with E-state index < -0.39 is 41.8 Å². The Labute approximate surface area is 136 Å². The topological polar surface area (TPSA) is 29.5 Å². The highest BCUT2D eigenvalue weighted by Gasteiger charge is 2.19. The number of nitrogens with zero attached hydrogens (tertiary/aromatic N) is 1. The second-order valence-electron chi connectivity index (χ2n) is 5.22. The van der Waals surface area contributed by atoms with E-state index in [1.165, 1.54) is 18.0 Å². The van der Waals surface area contributed by atoms with E-state index in [0.717, 1.165) is 24.3 Å². The molecule has 0 saturated heterocycles. The number of likely N-dealkylation sites (N-methyl/N-ethyl adjacent to an activating group) is 1. The Hall–Kier alpha value is -2.57. The minimum absolute atomic E-state index is 0.251. The van der Waals surface area contributed by atoms with Gasteiger partial charge in [0.1, 0.15) is 5.82 Å². The van der Waals surface area contributed by atoms with E-state index in [2.05, 4.69) is 0 Å². The van der Waals surface area contributed by atoms with E-state index in [-0.39, 0.29) is 5.75 Å². The molecule has 2 aromatic carbocycles. The summed E-state index contributed by atoms with van der Waals surface area (Å²) >= 11 is 0. The fourth-order valence-electron chi connectivity index (χ4n) is 2.05. The van der Waals surface area contributed by atoms with E-state index in [4.69, 9.17) is 4.74 Å². The molecule has 0 aliphatic heterocycles. The summed E-state index contributed by atoms with van der Waals surface area (Å²) in [7, 11) is 1.46. The first-order valence-electron chi connectivity index (χ1n) is 7.08. The molecule has 0 spiro atoms. The summed E-state index contributed by atoms with van der Waals surface area (Å²) in [6.45, 7) is 1.15. The number of hydrogen-bond acceptors (Lipinski definition) is 2. The van der Waals surface area contributed by atoms with Crippen molar-refractivity contribution in [3.63, 3.8) is 0 Å². The van der Waals surface area contributed by atoms with Gasteiger partial charge in [0.25, 0.3) is 5.91 Å². The molecule has 128 valence electrons. The molecule has 1 amide bonds. The van der Waals surface area contributed by atoms with Crippen LogP contribution in [0, 0.1) is 23.3 Å². The lowest BCUT2D eigenvalue weighted by Gasteiger charge is -2.25. The molecule has 0 aliphatic carbocycles. The summed E-state index contributed by atoms with van der Waals surface area (Å²) in [5, 5.41) is 0. The van der Waals surface area contributed by atoms with E-state index in [1.807, 2.05) is 0 Å². The van der Waals surface area contributed by atoms with Crippen LogP contribution < -0.4 is 4.74 Å². The van der Waals surface area contributed by atoms with Gasteiger partial charge in [-0.2, -0.15) is 0 Å². The van der Waals surface area contributed by atoms with Crippen molar-refractivity contribution in [1.82, 2.24) is 4.90 Å². The molecule has 2 aromatic rings. The van der Waals surface area contributed by atoms with Crippen molar-refractivity contribution in [2.75, 3.05) is 13.7 Å². The first kappa shape index (κ1) is 17.8. The number of carbonyl (C=O) groups is 1. The van der Waals surface area contributed by atoms with Crippen LogP contribution in [0.1, 0.15) is 18.5 Å². The first-order chi connectivity index (χ1) is 11.3. The third-order valence-electron chi connectivity index (χ3n) is 3.65. The standard InChI is InChI=1S/C17H15F4NO2/c1-10(11-3-5-13(19)14(20)7-11)22(2)17(23)9-24-16-6-4-12(18)8-15(16)21/h3-8,10H,9H2,1-2H3. The Kier molecular flexibility index (Phi) is 5.43. The number of carbonyl (C=O) groups excluding carboxylic acids is 1. The van der Waals surface area contributed by atoms with Crippen LogP contribution in [-0.4, -0.2) is 24.5 Å². The van der Waals surface area contributed by atoms with Gasteiger partial charge in [0.2, 0.25) is 0 Å². The molecule has 0 radical (unpaired) electrons. The highest BCUT2D eigenvalue weighted by Crippen LogP contribution is 2.22. The molecular weight excluding hydrogens is 326 g/mol. The largest absolute Gasteiger partial charge is 0.481 e. The van der Waals surface area contributed by atoms with Gasteiger partial charge in [-0.05, 0) is 36.8 Å². The Morgan fingerprint density at radius 1 is 1.04 bits per heavy atom. The molecule has 3 nitrogen and oxygen atoms in total. The second-order valence-corrected chi connectivity index (χ2v) is 5.22. The molecule has 7 heteroatoms. The molecule has 0 fully saturated rings. The maximum Gasteiger partial charge on any atom is 0.260 e. The maximum atomic E-state index is 13.4. The normalized spacial score (nSPS) is 11.9. The Morgan fingerprint density at radius 2 is 1.75 bits per heavy atom. The fraction of sp³-hybridized carbons (Fsp3) is 0.235. The molecule has 1 atom stereocenters. The summed E-state index contributed by atoms with van der Waals surface area (Å²) in [4.78, 5) is 13.4. The van der Waals surface area contributed by atoms with E-state index >= 15 is 0 Å². The van der Waals surface area contributed by atoms with Crippen molar-refractivity contribution in [2.45, 2.75) is 13.0 Å². The number of hydrogen-bond donors (Lipinski definition) is 0. The zero-order valence-corrected chi connectivity index (χ0v) is 13.0. The summed E-state index contributed by atoms with van der Waals surface area (Å²) in [6.07, 6.45) is 0. The van der Waals surface area contributed by atoms with Crippen LogP contribution in [0.25, 0.3) is 0 Å². The van der Waals surface area contributed by atoms with Gasteiger partial charge in [-0.25, -0.2) is 17.6 Å². The fourth-order valence-corrected chi connectivity index (χ4v) is 2.05. The van der Waals surface area contributed by atoms with E-state index in [1.54, 1.807) is 6.92 Å². The van der Waals surface area contributed by atoms with Crippen molar-refractivity contribution in [1.29, 1.82) is 0 Å². The number of amides is 1. The molecule has 0 aliphatic rings. The lowest BCUT2D eigenvalue weighted by Crippen LogP contribution is -2.33. The predicted molar refractivity (Wildman–Crippen MR) is 79.4 cm³/mol. The zero-order chi connectivity index (χ0) is 17.9. The molecule has 0 bridgehead atoms. The average molecular weight is 341 g/mol. The smallest absolute Gasteiger partial charge is 0.260 e. The Balaban J connectivity index is 2.01. The minimum Gasteiger partial charge on any atom is -0.481 e. The van der Waals surface area contributed by atoms with Gasteiger partial charge in [-0.1, -0.05) is 6.07 Å². The molecular formula is C17H15F4NO2. The Bertz CT molecular complexity index is 751. The van der Waals surface area contributed by atoms with Crippen molar-refractivity contribution >= 4 is 5.91 Å². The molecule has 0 heterocycles. The van der Waals surface area contributed by atoms with Gasteiger partial charge in [0.05, 0.1) is 6.04 Å². The number of rotatable bonds is 5. The van der Waals surface area contributed by atoms with Crippen LogP contribution in [-0.2, 0) is 4.79 Å². The number of ether oxygens (including phenoxy) is 1. The van der Waals surface area contributed by atoms with Gasteiger partial charge >= 0.3 is 0 Å². The van der Waals surface area contributed by atoms with Crippen LogP contribution in [0.3, 0.4) is 0 Å². The van der Waals surface area contributed by atoms with E-state index in [9.17, 15) is 22.4 Å². The molecule has 0 N–H and O–H groups in total. The molecule has 0 saturated carbocycles. The van der Waals surface area contributed by atoms with Gasteiger partial charge in [0.15, 0.2) is 29.8 Å². The molecule has 24 heavy (non-hydrogen) atoms. The highest BCUT2D eigenvalue weighted by molar-refractivity contribution is 5.78. The van der Waals surface area contributed by atoms with Crippen molar-refractivity contribution in [3.05, 3.63) is 65.2 Å². The van der Waals surface area contributed by atoms with Crippen molar-refractivity contribution < 1.29 is 27.1 Å². The summed E-state index contributed by atoms with van der Waals surface area (Å²) in [5.74, 6) is -4.41.